The lowest BCUT2D eigenvalue weighted by molar-refractivity contribution is -0.149. The molecule has 4 fully saturated rings. The highest BCUT2D eigenvalue weighted by Gasteiger charge is 2.56. The van der Waals surface area contributed by atoms with Crippen LogP contribution in [-0.2, 0) is 9.53 Å². The molecular formula is C18H18N2O3. The van der Waals surface area contributed by atoms with Crippen molar-refractivity contribution in [3.63, 3.8) is 0 Å². The van der Waals surface area contributed by atoms with Crippen LogP contribution in [0.4, 0.5) is 0 Å². The second kappa shape index (κ2) is 4.76. The first kappa shape index (κ1) is 13.5. The number of carbonyl (C=O) groups excluding carboxylic acids is 1. The van der Waals surface area contributed by atoms with Gasteiger partial charge in [0.05, 0.1) is 12.6 Å². The van der Waals surface area contributed by atoms with Gasteiger partial charge in [0, 0.05) is 30.1 Å². The van der Waals surface area contributed by atoms with Gasteiger partial charge >= 0.3 is 0 Å². The van der Waals surface area contributed by atoms with Crippen LogP contribution in [0.1, 0.15) is 24.5 Å². The average Bonchev–Trinajstić information content (AvgIpc) is 2.93. The van der Waals surface area contributed by atoms with Gasteiger partial charge < -0.3 is 9.47 Å². The number of ether oxygens (including phenoxy) is 2. The molecule has 6 rings (SSSR count). The van der Waals surface area contributed by atoms with E-state index in [1.165, 1.54) is 0 Å². The van der Waals surface area contributed by atoms with Gasteiger partial charge in [-0.2, -0.15) is 0 Å². The molecule has 0 N–H and O–H groups in total. The minimum atomic E-state index is -0.341. The fraction of sp³-hybridized carbons (Fsp3) is 0.444. The first-order chi connectivity index (χ1) is 11.3. The van der Waals surface area contributed by atoms with Gasteiger partial charge in [0.2, 0.25) is 0 Å². The molecular weight excluding hydrogens is 292 g/mol. The number of benzene rings is 1. The summed E-state index contributed by atoms with van der Waals surface area (Å²) in [5, 5.41) is 1.05. The van der Waals surface area contributed by atoms with Crippen LogP contribution in [0.25, 0.3) is 10.9 Å². The summed E-state index contributed by atoms with van der Waals surface area (Å²) in [6.07, 6.45) is 3.31. The summed E-state index contributed by atoms with van der Waals surface area (Å²) < 4.78 is 11.6. The Bertz CT molecular complexity index is 806. The summed E-state index contributed by atoms with van der Waals surface area (Å²) >= 11 is 0. The van der Waals surface area contributed by atoms with Crippen molar-refractivity contribution in [1.29, 1.82) is 0 Å². The van der Waals surface area contributed by atoms with Crippen molar-refractivity contribution in [2.24, 2.45) is 5.92 Å². The zero-order valence-corrected chi connectivity index (χ0v) is 12.9. The number of fused-ring (bicyclic) bond motifs is 2. The van der Waals surface area contributed by atoms with Gasteiger partial charge in [0.15, 0.2) is 12.0 Å². The lowest BCUT2D eigenvalue weighted by Crippen LogP contribution is -2.55. The molecule has 5 heterocycles. The van der Waals surface area contributed by atoms with Gasteiger partial charge in [0.25, 0.3) is 0 Å². The SMILES string of the molecule is COc1ccc2nccc([C@@H]3O[C@@H]4C(=O)[C@H]5CCN4[C@@H]3C5)c2c1. The van der Waals surface area contributed by atoms with Gasteiger partial charge in [-0.1, -0.05) is 0 Å². The number of hydrogen-bond donors (Lipinski definition) is 0. The van der Waals surface area contributed by atoms with Crippen LogP contribution in [0, 0.1) is 5.92 Å². The number of piperidine rings is 3. The Labute approximate surface area is 134 Å². The van der Waals surface area contributed by atoms with Crippen LogP contribution in [0.3, 0.4) is 0 Å². The molecule has 0 spiro atoms. The number of hydrogen-bond acceptors (Lipinski definition) is 5. The molecule has 0 saturated carbocycles. The third-order valence-corrected chi connectivity index (χ3v) is 5.55. The lowest BCUT2D eigenvalue weighted by atomic mass is 9.80. The Balaban J connectivity index is 1.63. The molecule has 5 heteroatoms. The summed E-state index contributed by atoms with van der Waals surface area (Å²) in [5.41, 5.74) is 2.04. The Morgan fingerprint density at radius 1 is 1.35 bits per heavy atom. The largest absolute Gasteiger partial charge is 0.497 e. The van der Waals surface area contributed by atoms with E-state index in [1.54, 1.807) is 7.11 Å². The van der Waals surface area contributed by atoms with Crippen LogP contribution < -0.4 is 4.74 Å². The van der Waals surface area contributed by atoms with E-state index >= 15 is 0 Å². The van der Waals surface area contributed by atoms with E-state index in [4.69, 9.17) is 9.47 Å². The average molecular weight is 310 g/mol. The van der Waals surface area contributed by atoms with E-state index in [1.807, 2.05) is 30.5 Å². The Hall–Kier alpha value is -1.98. The molecule has 4 aliphatic heterocycles. The Morgan fingerprint density at radius 2 is 2.26 bits per heavy atom. The number of rotatable bonds is 2. The summed E-state index contributed by atoms with van der Waals surface area (Å²) in [6, 6.07) is 8.22. The smallest absolute Gasteiger partial charge is 0.179 e. The monoisotopic (exact) mass is 310 g/mol. The fourth-order valence-electron chi connectivity index (χ4n) is 4.40. The first-order valence-corrected chi connectivity index (χ1v) is 8.14. The Kier molecular flexibility index (Phi) is 2.78. The molecule has 4 aliphatic rings. The lowest BCUT2D eigenvalue weighted by Gasteiger charge is -2.42. The van der Waals surface area contributed by atoms with E-state index in [0.717, 1.165) is 41.6 Å². The standard InChI is InChI=1S/C18H18N2O3/c1-22-11-2-3-14-13(9-11)12(4-6-19-14)17-15-8-10-5-7-20(15)18(23-17)16(10)21/h2-4,6,9-10,15,17-18H,5,7-8H2,1H3/t10-,15+,17-,18+/m0/s1. The van der Waals surface area contributed by atoms with Crippen molar-refractivity contribution >= 4 is 16.7 Å². The maximum atomic E-state index is 12.4. The molecule has 1 aromatic heterocycles. The molecule has 0 amide bonds. The van der Waals surface area contributed by atoms with Crippen molar-refractivity contribution in [3.8, 4) is 5.75 Å². The van der Waals surface area contributed by atoms with E-state index in [2.05, 4.69) is 9.88 Å². The molecule has 4 bridgehead atoms. The molecule has 23 heavy (non-hydrogen) atoms. The summed E-state index contributed by atoms with van der Waals surface area (Å²) in [4.78, 5) is 19.1. The summed E-state index contributed by atoms with van der Waals surface area (Å²) in [5.74, 6) is 1.26. The number of pyridine rings is 1. The Morgan fingerprint density at radius 3 is 3.09 bits per heavy atom. The van der Waals surface area contributed by atoms with E-state index in [0.29, 0.717) is 6.04 Å². The minimum absolute atomic E-state index is 0.0631. The van der Waals surface area contributed by atoms with E-state index in [9.17, 15) is 4.79 Å². The van der Waals surface area contributed by atoms with Gasteiger partial charge in [0.1, 0.15) is 11.9 Å². The van der Waals surface area contributed by atoms with Crippen LogP contribution in [0.5, 0.6) is 5.75 Å². The first-order valence-electron chi connectivity index (χ1n) is 8.14. The zero-order chi connectivity index (χ0) is 15.6. The molecule has 5 nitrogen and oxygen atoms in total. The second-order valence-electron chi connectivity index (χ2n) is 6.62. The van der Waals surface area contributed by atoms with E-state index in [-0.39, 0.29) is 24.0 Å². The predicted octanol–water partition coefficient (Wildman–Crippen LogP) is 2.30. The van der Waals surface area contributed by atoms with Crippen molar-refractivity contribution < 1.29 is 14.3 Å². The van der Waals surface area contributed by atoms with Crippen LogP contribution in [-0.4, -0.2) is 41.6 Å². The molecule has 0 aliphatic carbocycles. The van der Waals surface area contributed by atoms with Crippen molar-refractivity contribution in [2.75, 3.05) is 13.7 Å². The number of Topliss-reactive ketones (excluding diaryl/α,β-unsaturated/α-hetero) is 1. The second-order valence-corrected chi connectivity index (χ2v) is 6.62. The molecule has 5 atom stereocenters. The number of carbonyl (C=O) groups is 1. The van der Waals surface area contributed by atoms with Crippen molar-refractivity contribution in [3.05, 3.63) is 36.0 Å². The van der Waals surface area contributed by atoms with Gasteiger partial charge in [-0.15, -0.1) is 0 Å². The van der Waals surface area contributed by atoms with Crippen molar-refractivity contribution in [2.45, 2.75) is 31.2 Å². The normalized spacial score (nSPS) is 35.0. The number of ketones is 1. The van der Waals surface area contributed by atoms with Crippen LogP contribution in [0.2, 0.25) is 0 Å². The third kappa shape index (κ3) is 1.80. The highest BCUT2D eigenvalue weighted by atomic mass is 16.5. The maximum Gasteiger partial charge on any atom is 0.179 e. The molecule has 4 saturated heterocycles. The van der Waals surface area contributed by atoms with Crippen LogP contribution >= 0.6 is 0 Å². The molecule has 2 aromatic rings. The van der Waals surface area contributed by atoms with Crippen LogP contribution in [0.15, 0.2) is 30.5 Å². The molecule has 1 unspecified atom stereocenters. The van der Waals surface area contributed by atoms with Gasteiger partial charge in [-0.05, 0) is 42.7 Å². The minimum Gasteiger partial charge on any atom is -0.497 e. The topological polar surface area (TPSA) is 51.7 Å². The predicted molar refractivity (Wildman–Crippen MR) is 84.1 cm³/mol. The molecule has 1 aromatic carbocycles. The number of methoxy groups -OCH3 is 1. The quantitative estimate of drug-likeness (QED) is 0.852. The number of nitrogens with zero attached hydrogens (tertiary/aromatic N) is 2. The maximum absolute atomic E-state index is 12.4. The third-order valence-electron chi connectivity index (χ3n) is 5.55. The molecule has 118 valence electrons. The highest BCUT2D eigenvalue weighted by Crippen LogP contribution is 2.48. The van der Waals surface area contributed by atoms with Crippen molar-refractivity contribution in [1.82, 2.24) is 9.88 Å². The van der Waals surface area contributed by atoms with Gasteiger partial charge in [-0.25, -0.2) is 0 Å². The van der Waals surface area contributed by atoms with Gasteiger partial charge in [-0.3, -0.25) is 14.7 Å². The number of aromatic nitrogens is 1. The molecule has 0 radical (unpaired) electrons. The summed E-state index contributed by atoms with van der Waals surface area (Å²) in [7, 11) is 1.67. The van der Waals surface area contributed by atoms with E-state index < -0.39 is 0 Å². The zero-order valence-electron chi connectivity index (χ0n) is 12.9. The summed E-state index contributed by atoms with van der Waals surface area (Å²) in [6.45, 7) is 0.967. The fourth-order valence-corrected chi connectivity index (χ4v) is 4.40. The highest BCUT2D eigenvalue weighted by molar-refractivity contribution is 5.88.